The molecular formula is C25H26ClN3O5S. The van der Waals surface area contributed by atoms with Gasteiger partial charge in [0.15, 0.2) is 0 Å². The van der Waals surface area contributed by atoms with Gasteiger partial charge in [-0.25, -0.2) is 8.42 Å². The Bertz CT molecular complexity index is 1320. The van der Waals surface area contributed by atoms with Crippen LogP contribution in [0.1, 0.15) is 28.9 Å². The first-order chi connectivity index (χ1) is 16.6. The van der Waals surface area contributed by atoms with Crippen molar-refractivity contribution in [3.8, 4) is 5.75 Å². The molecular weight excluding hydrogens is 490 g/mol. The highest BCUT2D eigenvalue weighted by Gasteiger charge is 2.25. The first kappa shape index (κ1) is 26.1. The number of methoxy groups -OCH3 is 1. The standard InChI is InChI=1S/C25H26ClN3O5S/c1-17(18-9-5-4-6-10-18)27-25(31)20-11-7-8-12-21(20)28-24(30)16-29(35(3,32)33)22-15-19(26)13-14-23(22)34-2/h4-15,17H,16H2,1-3H3,(H,27,31)(H,28,30)/t17-/m1/s1. The van der Waals surface area contributed by atoms with Gasteiger partial charge in [-0.1, -0.05) is 54.1 Å². The molecule has 0 fully saturated rings. The van der Waals surface area contributed by atoms with Gasteiger partial charge in [-0.15, -0.1) is 0 Å². The normalized spacial score (nSPS) is 11.9. The zero-order valence-electron chi connectivity index (χ0n) is 19.5. The Labute approximate surface area is 209 Å². The van der Waals surface area contributed by atoms with Crippen LogP contribution in [0.4, 0.5) is 11.4 Å². The van der Waals surface area contributed by atoms with E-state index in [0.29, 0.717) is 0 Å². The second-order valence-corrected chi connectivity index (χ2v) is 10.1. The molecule has 0 bridgehead atoms. The largest absolute Gasteiger partial charge is 0.495 e. The molecule has 3 aromatic carbocycles. The number of rotatable bonds is 9. The Morgan fingerprint density at radius 1 is 1.03 bits per heavy atom. The van der Waals surface area contributed by atoms with Crippen LogP contribution in [0.25, 0.3) is 0 Å². The van der Waals surface area contributed by atoms with Crippen molar-refractivity contribution in [3.63, 3.8) is 0 Å². The molecule has 2 N–H and O–H groups in total. The quantitative estimate of drug-likeness (QED) is 0.443. The summed E-state index contributed by atoms with van der Waals surface area (Å²) in [5.74, 6) is -0.787. The SMILES string of the molecule is COc1ccc(Cl)cc1N(CC(=O)Nc1ccccc1C(=O)N[C@H](C)c1ccccc1)S(C)(=O)=O. The van der Waals surface area contributed by atoms with E-state index < -0.39 is 22.5 Å². The first-order valence-electron chi connectivity index (χ1n) is 10.7. The summed E-state index contributed by atoms with van der Waals surface area (Å²) >= 11 is 6.05. The molecule has 3 aromatic rings. The summed E-state index contributed by atoms with van der Waals surface area (Å²) in [5.41, 5.74) is 1.55. The molecule has 0 saturated carbocycles. The number of hydrogen-bond donors (Lipinski definition) is 2. The van der Waals surface area contributed by atoms with Gasteiger partial charge in [0, 0.05) is 5.02 Å². The number of carbonyl (C=O) groups excluding carboxylic acids is 2. The predicted molar refractivity (Wildman–Crippen MR) is 138 cm³/mol. The zero-order valence-corrected chi connectivity index (χ0v) is 21.1. The van der Waals surface area contributed by atoms with Crippen molar-refractivity contribution in [2.75, 3.05) is 29.5 Å². The van der Waals surface area contributed by atoms with Gasteiger partial charge in [0.2, 0.25) is 15.9 Å². The molecule has 3 rings (SSSR count). The van der Waals surface area contributed by atoms with Gasteiger partial charge in [-0.3, -0.25) is 13.9 Å². The molecule has 0 aromatic heterocycles. The summed E-state index contributed by atoms with van der Waals surface area (Å²) in [7, 11) is -2.49. The van der Waals surface area contributed by atoms with Gasteiger partial charge in [-0.05, 0) is 42.8 Å². The second kappa shape index (κ2) is 11.2. The Morgan fingerprint density at radius 3 is 2.34 bits per heavy atom. The van der Waals surface area contributed by atoms with Crippen LogP contribution in [0.15, 0.2) is 72.8 Å². The van der Waals surface area contributed by atoms with E-state index in [1.54, 1.807) is 30.3 Å². The fourth-order valence-corrected chi connectivity index (χ4v) is 4.47. The number of para-hydroxylation sites is 1. The fourth-order valence-electron chi connectivity index (χ4n) is 3.45. The third-order valence-corrected chi connectivity index (χ3v) is 6.55. The zero-order chi connectivity index (χ0) is 25.6. The number of nitrogens with one attached hydrogen (secondary N) is 2. The van der Waals surface area contributed by atoms with Crippen LogP contribution in [0.5, 0.6) is 5.75 Å². The Hall–Kier alpha value is -3.56. The summed E-state index contributed by atoms with van der Waals surface area (Å²) in [5, 5.41) is 5.84. The lowest BCUT2D eigenvalue weighted by Gasteiger charge is -2.24. The van der Waals surface area contributed by atoms with Gasteiger partial charge >= 0.3 is 0 Å². The van der Waals surface area contributed by atoms with Crippen LogP contribution in [0.3, 0.4) is 0 Å². The minimum Gasteiger partial charge on any atom is -0.495 e. The number of carbonyl (C=O) groups is 2. The molecule has 0 unspecified atom stereocenters. The van der Waals surface area contributed by atoms with E-state index in [-0.39, 0.29) is 39.7 Å². The van der Waals surface area contributed by atoms with Gasteiger partial charge in [0.25, 0.3) is 5.91 Å². The fraction of sp³-hybridized carbons (Fsp3) is 0.200. The molecule has 0 aliphatic heterocycles. The summed E-state index contributed by atoms with van der Waals surface area (Å²) in [6.45, 7) is 1.31. The maximum atomic E-state index is 13.0. The molecule has 184 valence electrons. The number of sulfonamides is 1. The molecule has 0 saturated heterocycles. The third kappa shape index (κ3) is 6.74. The Morgan fingerprint density at radius 2 is 1.69 bits per heavy atom. The van der Waals surface area contributed by atoms with Crippen molar-refractivity contribution in [2.24, 2.45) is 0 Å². The minimum atomic E-state index is -3.87. The van der Waals surface area contributed by atoms with E-state index in [1.807, 2.05) is 37.3 Å². The Kier molecular flexibility index (Phi) is 8.37. The second-order valence-electron chi connectivity index (χ2n) is 7.79. The maximum absolute atomic E-state index is 13.0. The summed E-state index contributed by atoms with van der Waals surface area (Å²) in [6, 6.07) is 20.2. The third-order valence-electron chi connectivity index (χ3n) is 5.19. The van der Waals surface area contributed by atoms with Crippen LogP contribution in [-0.4, -0.2) is 40.1 Å². The lowest BCUT2D eigenvalue weighted by atomic mass is 10.1. The van der Waals surface area contributed by atoms with Crippen molar-refractivity contribution in [1.82, 2.24) is 5.32 Å². The monoisotopic (exact) mass is 515 g/mol. The molecule has 0 spiro atoms. The smallest absolute Gasteiger partial charge is 0.253 e. The molecule has 8 nitrogen and oxygen atoms in total. The van der Waals surface area contributed by atoms with Crippen molar-refractivity contribution >= 4 is 44.8 Å². The number of benzene rings is 3. The van der Waals surface area contributed by atoms with Crippen LogP contribution >= 0.6 is 11.6 Å². The van der Waals surface area contributed by atoms with E-state index in [0.717, 1.165) is 16.1 Å². The van der Waals surface area contributed by atoms with Crippen LogP contribution < -0.4 is 19.7 Å². The predicted octanol–water partition coefficient (Wildman–Crippen LogP) is 4.24. The van der Waals surface area contributed by atoms with E-state index in [4.69, 9.17) is 16.3 Å². The number of nitrogens with zero attached hydrogens (tertiary/aromatic N) is 1. The number of halogens is 1. The van der Waals surface area contributed by atoms with Crippen molar-refractivity contribution in [3.05, 3.63) is 88.9 Å². The molecule has 0 radical (unpaired) electrons. The molecule has 35 heavy (non-hydrogen) atoms. The van der Waals surface area contributed by atoms with Crippen molar-refractivity contribution in [1.29, 1.82) is 0 Å². The highest BCUT2D eigenvalue weighted by molar-refractivity contribution is 7.92. The average molecular weight is 516 g/mol. The van der Waals surface area contributed by atoms with Gasteiger partial charge in [-0.2, -0.15) is 0 Å². The molecule has 0 aliphatic rings. The van der Waals surface area contributed by atoms with Crippen LogP contribution in [-0.2, 0) is 14.8 Å². The number of ether oxygens (including phenoxy) is 1. The van der Waals surface area contributed by atoms with Crippen molar-refractivity contribution in [2.45, 2.75) is 13.0 Å². The van der Waals surface area contributed by atoms with E-state index in [9.17, 15) is 18.0 Å². The van der Waals surface area contributed by atoms with Crippen LogP contribution in [0.2, 0.25) is 5.02 Å². The number of amides is 2. The number of hydrogen-bond acceptors (Lipinski definition) is 5. The molecule has 0 heterocycles. The Balaban J connectivity index is 1.81. The molecule has 0 aliphatic carbocycles. The highest BCUT2D eigenvalue weighted by Crippen LogP contribution is 2.32. The average Bonchev–Trinajstić information content (AvgIpc) is 2.82. The van der Waals surface area contributed by atoms with Crippen LogP contribution in [0, 0.1) is 0 Å². The summed E-state index contributed by atoms with van der Waals surface area (Å²) in [6.07, 6.45) is 0.979. The summed E-state index contributed by atoms with van der Waals surface area (Å²) in [4.78, 5) is 25.9. The molecule has 1 atom stereocenters. The lowest BCUT2D eigenvalue weighted by molar-refractivity contribution is -0.114. The van der Waals surface area contributed by atoms with Gasteiger partial charge in [0.05, 0.1) is 36.3 Å². The molecule has 2 amide bonds. The van der Waals surface area contributed by atoms with E-state index >= 15 is 0 Å². The summed E-state index contributed by atoms with van der Waals surface area (Å²) < 4.78 is 31.2. The topological polar surface area (TPSA) is 105 Å². The van der Waals surface area contributed by atoms with Crippen molar-refractivity contribution < 1.29 is 22.7 Å². The molecule has 10 heteroatoms. The van der Waals surface area contributed by atoms with E-state index in [1.165, 1.54) is 19.2 Å². The first-order valence-corrected chi connectivity index (χ1v) is 12.9. The maximum Gasteiger partial charge on any atom is 0.253 e. The minimum absolute atomic E-state index is 0.125. The van der Waals surface area contributed by atoms with Gasteiger partial charge < -0.3 is 15.4 Å². The number of anilines is 2. The van der Waals surface area contributed by atoms with E-state index in [2.05, 4.69) is 10.6 Å². The van der Waals surface area contributed by atoms with Gasteiger partial charge in [0.1, 0.15) is 12.3 Å². The highest BCUT2D eigenvalue weighted by atomic mass is 35.5. The lowest BCUT2D eigenvalue weighted by Crippen LogP contribution is -2.38.